The van der Waals surface area contributed by atoms with Crippen LogP contribution in [-0.4, -0.2) is 44.6 Å². The first-order valence-electron chi connectivity index (χ1n) is 8.80. The molecule has 1 aliphatic heterocycles. The van der Waals surface area contributed by atoms with Gasteiger partial charge in [-0.25, -0.2) is 0 Å². The Morgan fingerprint density at radius 1 is 1.19 bits per heavy atom. The molecular weight excluding hydrogens is 348 g/mol. The molecule has 0 bridgehead atoms. The maximum atomic E-state index is 12.2. The van der Waals surface area contributed by atoms with Gasteiger partial charge in [0.05, 0.1) is 11.5 Å². The molecule has 7 nitrogen and oxygen atoms in total. The van der Waals surface area contributed by atoms with Crippen molar-refractivity contribution in [2.24, 2.45) is 0 Å². The number of carbonyl (C=O) groups excluding carboxylic acids is 1. The van der Waals surface area contributed by atoms with Gasteiger partial charge < -0.3 is 16.0 Å². The third-order valence-electron chi connectivity index (χ3n) is 4.26. The van der Waals surface area contributed by atoms with Crippen molar-refractivity contribution in [1.29, 1.82) is 0 Å². The number of hydrogen-bond acceptors (Lipinski definition) is 7. The van der Waals surface area contributed by atoms with E-state index in [-0.39, 0.29) is 11.9 Å². The normalized spacial score (nSPS) is 14.3. The van der Waals surface area contributed by atoms with Crippen molar-refractivity contribution in [3.63, 3.8) is 0 Å². The quantitative estimate of drug-likeness (QED) is 0.804. The largest absolute Gasteiger partial charge is 0.368 e. The molecule has 1 saturated heterocycles. The Hall–Kier alpha value is -2.35. The number of para-hydroxylation sites is 1. The van der Waals surface area contributed by atoms with Gasteiger partial charge in [-0.05, 0) is 37.8 Å². The Labute approximate surface area is 157 Å². The number of anilines is 3. The Bertz CT molecular complexity index is 763. The standard InChI is InChI=1S/C18H24N6OS/c1-13-7-3-4-8-14(13)20-18-22-15(21-17(19)23-18)11-26-12-16(25)24-9-5-2-6-10-24/h3-4,7-8H,2,5-6,9-12H2,1H3,(H3,19,20,21,22,23). The van der Waals surface area contributed by atoms with Gasteiger partial charge in [-0.3, -0.25) is 4.79 Å². The van der Waals surface area contributed by atoms with Crippen molar-refractivity contribution in [2.45, 2.75) is 31.9 Å². The van der Waals surface area contributed by atoms with Crippen LogP contribution in [0.3, 0.4) is 0 Å². The highest BCUT2D eigenvalue weighted by molar-refractivity contribution is 7.99. The molecule has 0 radical (unpaired) electrons. The highest BCUT2D eigenvalue weighted by Gasteiger charge is 2.16. The lowest BCUT2D eigenvalue weighted by molar-refractivity contribution is -0.129. The number of benzene rings is 1. The highest BCUT2D eigenvalue weighted by atomic mass is 32.2. The molecule has 0 spiro atoms. The van der Waals surface area contributed by atoms with E-state index in [1.54, 1.807) is 0 Å². The molecule has 0 unspecified atom stereocenters. The van der Waals surface area contributed by atoms with Crippen molar-refractivity contribution in [3.8, 4) is 0 Å². The summed E-state index contributed by atoms with van der Waals surface area (Å²) in [6, 6.07) is 7.89. The minimum absolute atomic E-state index is 0.175. The van der Waals surface area contributed by atoms with Gasteiger partial charge in [0.2, 0.25) is 17.8 Å². The van der Waals surface area contributed by atoms with Crippen molar-refractivity contribution >= 4 is 35.3 Å². The first-order valence-corrected chi connectivity index (χ1v) is 9.96. The van der Waals surface area contributed by atoms with Crippen LogP contribution >= 0.6 is 11.8 Å². The Kier molecular flexibility index (Phi) is 6.27. The predicted octanol–water partition coefficient (Wildman–Crippen LogP) is 2.75. The number of aryl methyl sites for hydroxylation is 1. The van der Waals surface area contributed by atoms with Gasteiger partial charge in [-0.1, -0.05) is 18.2 Å². The van der Waals surface area contributed by atoms with E-state index in [4.69, 9.17) is 5.73 Å². The fourth-order valence-electron chi connectivity index (χ4n) is 2.86. The lowest BCUT2D eigenvalue weighted by Crippen LogP contribution is -2.36. The van der Waals surface area contributed by atoms with Crippen LogP contribution in [0.25, 0.3) is 0 Å². The first kappa shape index (κ1) is 18.4. The van der Waals surface area contributed by atoms with Crippen LogP contribution in [0.15, 0.2) is 24.3 Å². The summed E-state index contributed by atoms with van der Waals surface area (Å²) in [5.74, 6) is 2.32. The number of nitrogens with two attached hydrogens (primary N) is 1. The summed E-state index contributed by atoms with van der Waals surface area (Å²) >= 11 is 1.51. The van der Waals surface area contributed by atoms with Crippen LogP contribution in [0.1, 0.15) is 30.7 Å². The van der Waals surface area contributed by atoms with Crippen molar-refractivity contribution < 1.29 is 4.79 Å². The van der Waals surface area contributed by atoms with Crippen molar-refractivity contribution in [1.82, 2.24) is 19.9 Å². The van der Waals surface area contributed by atoms with Gasteiger partial charge in [0, 0.05) is 18.8 Å². The van der Waals surface area contributed by atoms with Crippen LogP contribution in [0, 0.1) is 6.92 Å². The van der Waals surface area contributed by atoms with Crippen LogP contribution in [0.4, 0.5) is 17.6 Å². The second kappa shape index (κ2) is 8.84. The van der Waals surface area contributed by atoms with E-state index >= 15 is 0 Å². The van der Waals surface area contributed by atoms with E-state index in [0.717, 1.165) is 37.2 Å². The van der Waals surface area contributed by atoms with E-state index in [1.807, 2.05) is 36.1 Å². The number of carbonyl (C=O) groups is 1. The van der Waals surface area contributed by atoms with Gasteiger partial charge in [-0.15, -0.1) is 11.8 Å². The second-order valence-corrected chi connectivity index (χ2v) is 7.29. The SMILES string of the molecule is Cc1ccccc1Nc1nc(N)nc(CSCC(=O)N2CCCCC2)n1. The molecule has 26 heavy (non-hydrogen) atoms. The third-order valence-corrected chi connectivity index (χ3v) is 5.17. The monoisotopic (exact) mass is 372 g/mol. The zero-order valence-corrected chi connectivity index (χ0v) is 15.8. The first-order chi connectivity index (χ1) is 12.6. The number of thioether (sulfide) groups is 1. The van der Waals surface area contributed by atoms with Crippen LogP contribution in [0.2, 0.25) is 0 Å². The average Bonchev–Trinajstić information content (AvgIpc) is 2.64. The van der Waals surface area contributed by atoms with Gasteiger partial charge in [0.25, 0.3) is 0 Å². The summed E-state index contributed by atoms with van der Waals surface area (Å²) in [5, 5.41) is 3.18. The van der Waals surface area contributed by atoms with E-state index in [1.165, 1.54) is 18.2 Å². The van der Waals surface area contributed by atoms with Crippen molar-refractivity contribution in [2.75, 3.05) is 29.9 Å². The Balaban J connectivity index is 1.57. The Morgan fingerprint density at radius 3 is 2.73 bits per heavy atom. The smallest absolute Gasteiger partial charge is 0.232 e. The fraction of sp³-hybridized carbons (Fsp3) is 0.444. The predicted molar refractivity (Wildman–Crippen MR) is 105 cm³/mol. The molecule has 2 heterocycles. The summed E-state index contributed by atoms with van der Waals surface area (Å²) < 4.78 is 0. The number of nitrogens with zero attached hydrogens (tertiary/aromatic N) is 4. The lowest BCUT2D eigenvalue weighted by atomic mass is 10.1. The maximum Gasteiger partial charge on any atom is 0.232 e. The number of nitrogen functional groups attached to an aromatic ring is 1. The molecule has 3 N–H and O–H groups in total. The van der Waals surface area contributed by atoms with E-state index < -0.39 is 0 Å². The number of piperidine rings is 1. The number of amides is 1. The summed E-state index contributed by atoms with van der Waals surface area (Å²) in [7, 11) is 0. The third kappa shape index (κ3) is 5.08. The molecule has 138 valence electrons. The zero-order valence-electron chi connectivity index (χ0n) is 14.9. The van der Waals surface area contributed by atoms with Crippen LogP contribution in [0.5, 0.6) is 0 Å². The number of hydrogen-bond donors (Lipinski definition) is 2. The molecule has 1 fully saturated rings. The minimum atomic E-state index is 0.175. The zero-order chi connectivity index (χ0) is 18.4. The van der Waals surface area contributed by atoms with E-state index in [9.17, 15) is 4.79 Å². The summed E-state index contributed by atoms with van der Waals surface area (Å²) in [6.07, 6.45) is 3.43. The molecule has 1 amide bonds. The van der Waals surface area contributed by atoms with Gasteiger partial charge in [-0.2, -0.15) is 15.0 Å². The molecule has 3 rings (SSSR count). The van der Waals surface area contributed by atoms with Crippen molar-refractivity contribution in [3.05, 3.63) is 35.7 Å². The number of likely N-dealkylation sites (tertiary alicyclic amines) is 1. The molecular formula is C18H24N6OS. The lowest BCUT2D eigenvalue weighted by Gasteiger charge is -2.26. The Morgan fingerprint density at radius 2 is 1.96 bits per heavy atom. The van der Waals surface area contributed by atoms with Crippen LogP contribution < -0.4 is 11.1 Å². The molecule has 1 aliphatic rings. The molecule has 0 atom stereocenters. The summed E-state index contributed by atoms with van der Waals surface area (Å²) in [6.45, 7) is 3.76. The van der Waals surface area contributed by atoms with Gasteiger partial charge in [0.15, 0.2) is 0 Å². The number of aromatic nitrogens is 3. The number of rotatable bonds is 6. The fourth-order valence-corrected chi connectivity index (χ4v) is 3.63. The van der Waals surface area contributed by atoms with Gasteiger partial charge in [0.1, 0.15) is 5.82 Å². The van der Waals surface area contributed by atoms with Gasteiger partial charge >= 0.3 is 0 Å². The molecule has 1 aromatic carbocycles. The molecule has 1 aromatic heterocycles. The molecule has 0 aliphatic carbocycles. The molecule has 0 saturated carbocycles. The maximum absolute atomic E-state index is 12.2. The van der Waals surface area contributed by atoms with E-state index in [2.05, 4.69) is 20.3 Å². The molecule has 2 aromatic rings. The summed E-state index contributed by atoms with van der Waals surface area (Å²) in [5.41, 5.74) is 7.83. The average molecular weight is 372 g/mol. The van der Waals surface area contributed by atoms with E-state index in [0.29, 0.717) is 23.3 Å². The minimum Gasteiger partial charge on any atom is -0.368 e. The summed E-state index contributed by atoms with van der Waals surface area (Å²) in [4.78, 5) is 26.9. The highest BCUT2D eigenvalue weighted by Crippen LogP contribution is 2.19. The van der Waals surface area contributed by atoms with Crippen LogP contribution in [-0.2, 0) is 10.5 Å². The second-order valence-electron chi connectivity index (χ2n) is 6.31. The molecule has 8 heteroatoms. The topological polar surface area (TPSA) is 97.0 Å². The number of nitrogens with one attached hydrogen (secondary N) is 1.